The molecule has 22 heavy (non-hydrogen) atoms. The molecule has 1 aromatic carbocycles. The summed E-state index contributed by atoms with van der Waals surface area (Å²) in [5.74, 6) is -0.972. The zero-order chi connectivity index (χ0) is 16.4. The van der Waals surface area contributed by atoms with Crippen molar-refractivity contribution in [2.24, 2.45) is 0 Å². The molecule has 0 aliphatic carbocycles. The number of nitrogens with zero attached hydrogens (tertiary/aromatic N) is 1. The van der Waals surface area contributed by atoms with Crippen LogP contribution in [0.15, 0.2) is 29.2 Å². The lowest BCUT2D eigenvalue weighted by Crippen LogP contribution is -2.41. The summed E-state index contributed by atoms with van der Waals surface area (Å²) in [5, 5.41) is 9.05. The van der Waals surface area contributed by atoms with Crippen molar-refractivity contribution in [1.82, 2.24) is 4.90 Å². The van der Waals surface area contributed by atoms with Crippen LogP contribution < -0.4 is 0 Å². The van der Waals surface area contributed by atoms with Crippen molar-refractivity contribution >= 4 is 46.3 Å². The Hall–Kier alpha value is -1.66. The van der Waals surface area contributed by atoms with Gasteiger partial charge < -0.3 is 5.11 Å². The van der Waals surface area contributed by atoms with E-state index in [1.54, 1.807) is 6.08 Å². The second kappa shape index (κ2) is 6.62. The fourth-order valence-corrected chi connectivity index (χ4v) is 3.47. The number of carboxylic acids is 1. The van der Waals surface area contributed by atoms with Gasteiger partial charge in [0, 0.05) is 0 Å². The molecule has 1 aromatic rings. The SMILES string of the molecule is CC(C)c1ccc(/C=C2\SC(=S)N(C(C)C(=O)O)C2=O)cc1. The van der Waals surface area contributed by atoms with E-state index in [-0.39, 0.29) is 10.2 Å². The van der Waals surface area contributed by atoms with E-state index in [0.717, 1.165) is 22.2 Å². The standard InChI is InChI=1S/C16H17NO3S2/c1-9(2)12-6-4-11(5-7-12)8-13-14(18)17(16(21)22-13)10(3)15(19)20/h4-10H,1-3H3,(H,19,20)/b13-8-. The highest BCUT2D eigenvalue weighted by molar-refractivity contribution is 8.26. The van der Waals surface area contributed by atoms with Gasteiger partial charge in [0.2, 0.25) is 0 Å². The van der Waals surface area contributed by atoms with Crippen molar-refractivity contribution < 1.29 is 14.7 Å². The highest BCUT2D eigenvalue weighted by atomic mass is 32.2. The molecule has 1 fully saturated rings. The molecule has 0 aromatic heterocycles. The minimum absolute atomic E-state index is 0.282. The minimum atomic E-state index is -1.07. The molecule has 116 valence electrons. The Morgan fingerprint density at radius 1 is 1.27 bits per heavy atom. The number of amides is 1. The fourth-order valence-electron chi connectivity index (χ4n) is 2.05. The average molecular weight is 335 g/mol. The van der Waals surface area contributed by atoms with Crippen molar-refractivity contribution in [2.45, 2.75) is 32.7 Å². The number of benzene rings is 1. The Morgan fingerprint density at radius 3 is 2.36 bits per heavy atom. The summed E-state index contributed by atoms with van der Waals surface area (Å²) in [6.07, 6.45) is 1.75. The second-order valence-electron chi connectivity index (χ2n) is 5.39. The molecule has 2 rings (SSSR count). The molecular weight excluding hydrogens is 318 g/mol. The first kappa shape index (κ1) is 16.7. The fraction of sp³-hybridized carbons (Fsp3) is 0.312. The molecule has 1 aliphatic heterocycles. The lowest BCUT2D eigenvalue weighted by molar-refractivity contribution is -0.144. The summed E-state index contributed by atoms with van der Waals surface area (Å²) in [7, 11) is 0. The molecule has 1 N–H and O–H groups in total. The van der Waals surface area contributed by atoms with Gasteiger partial charge in [0.15, 0.2) is 0 Å². The first-order valence-corrected chi connectivity index (χ1v) is 8.13. The number of hydrogen-bond donors (Lipinski definition) is 1. The number of thiocarbonyl (C=S) groups is 1. The van der Waals surface area contributed by atoms with Crippen molar-refractivity contribution in [1.29, 1.82) is 0 Å². The van der Waals surface area contributed by atoms with Gasteiger partial charge in [0.1, 0.15) is 10.4 Å². The summed E-state index contributed by atoms with van der Waals surface area (Å²) in [5.41, 5.74) is 2.12. The Bertz CT molecular complexity index is 650. The van der Waals surface area contributed by atoms with Gasteiger partial charge >= 0.3 is 5.97 Å². The van der Waals surface area contributed by atoms with Crippen molar-refractivity contribution in [3.8, 4) is 0 Å². The number of aliphatic carboxylic acids is 1. The van der Waals surface area contributed by atoms with Crippen LogP contribution in [0.4, 0.5) is 0 Å². The Labute approximate surface area is 139 Å². The molecule has 1 unspecified atom stereocenters. The third-order valence-electron chi connectivity index (χ3n) is 3.47. The van der Waals surface area contributed by atoms with Crippen LogP contribution in [0.2, 0.25) is 0 Å². The summed E-state index contributed by atoms with van der Waals surface area (Å²) in [4.78, 5) is 25.0. The first-order valence-electron chi connectivity index (χ1n) is 6.91. The predicted octanol–water partition coefficient (Wildman–Crippen LogP) is 3.48. The van der Waals surface area contributed by atoms with E-state index < -0.39 is 12.0 Å². The number of rotatable bonds is 4. The number of hydrogen-bond acceptors (Lipinski definition) is 4. The molecule has 1 saturated heterocycles. The van der Waals surface area contributed by atoms with Gasteiger partial charge in [-0.05, 0) is 30.0 Å². The van der Waals surface area contributed by atoms with E-state index in [1.165, 1.54) is 12.5 Å². The minimum Gasteiger partial charge on any atom is -0.480 e. The van der Waals surface area contributed by atoms with Crippen molar-refractivity contribution in [3.63, 3.8) is 0 Å². The molecule has 1 amide bonds. The largest absolute Gasteiger partial charge is 0.480 e. The zero-order valence-corrected chi connectivity index (χ0v) is 14.2. The third kappa shape index (κ3) is 3.39. The van der Waals surface area contributed by atoms with Crippen LogP contribution in [0, 0.1) is 0 Å². The van der Waals surface area contributed by atoms with E-state index in [4.69, 9.17) is 17.3 Å². The zero-order valence-electron chi connectivity index (χ0n) is 12.6. The Balaban J connectivity index is 2.24. The van der Waals surface area contributed by atoms with Gasteiger partial charge in [0.25, 0.3) is 5.91 Å². The van der Waals surface area contributed by atoms with Crippen LogP contribution in [0.3, 0.4) is 0 Å². The van der Waals surface area contributed by atoms with Crippen LogP contribution in [-0.4, -0.2) is 32.2 Å². The van der Waals surface area contributed by atoms with Gasteiger partial charge in [-0.2, -0.15) is 0 Å². The highest BCUT2D eigenvalue weighted by Gasteiger charge is 2.38. The molecule has 4 nitrogen and oxygen atoms in total. The number of carbonyl (C=O) groups excluding carboxylic acids is 1. The van der Waals surface area contributed by atoms with Crippen LogP contribution >= 0.6 is 24.0 Å². The monoisotopic (exact) mass is 335 g/mol. The van der Waals surface area contributed by atoms with Crippen LogP contribution in [0.25, 0.3) is 6.08 Å². The van der Waals surface area contributed by atoms with Crippen molar-refractivity contribution in [3.05, 3.63) is 40.3 Å². The van der Waals surface area contributed by atoms with Crippen LogP contribution in [0.1, 0.15) is 37.8 Å². The lowest BCUT2D eigenvalue weighted by Gasteiger charge is -2.18. The molecule has 0 bridgehead atoms. The summed E-state index contributed by atoms with van der Waals surface area (Å²) in [6.45, 7) is 5.69. The maximum Gasteiger partial charge on any atom is 0.326 e. The van der Waals surface area contributed by atoms with Gasteiger partial charge in [-0.25, -0.2) is 4.79 Å². The number of carbonyl (C=O) groups is 2. The van der Waals surface area contributed by atoms with E-state index >= 15 is 0 Å². The molecule has 6 heteroatoms. The van der Waals surface area contributed by atoms with Crippen LogP contribution in [0.5, 0.6) is 0 Å². The number of carboxylic acid groups (broad SMARTS) is 1. The average Bonchev–Trinajstić information content (AvgIpc) is 2.73. The molecule has 1 atom stereocenters. The second-order valence-corrected chi connectivity index (χ2v) is 7.06. The molecule has 1 heterocycles. The van der Waals surface area contributed by atoms with E-state index in [2.05, 4.69) is 13.8 Å². The Morgan fingerprint density at radius 2 is 1.86 bits per heavy atom. The van der Waals surface area contributed by atoms with Crippen molar-refractivity contribution in [2.75, 3.05) is 0 Å². The molecule has 0 radical (unpaired) electrons. The van der Waals surface area contributed by atoms with Gasteiger partial charge in [-0.3, -0.25) is 9.69 Å². The molecule has 0 saturated carbocycles. The van der Waals surface area contributed by atoms with E-state index in [9.17, 15) is 9.59 Å². The van der Waals surface area contributed by atoms with Crippen LogP contribution in [-0.2, 0) is 9.59 Å². The Kier molecular flexibility index (Phi) is 5.03. The maximum absolute atomic E-state index is 12.3. The predicted molar refractivity (Wildman–Crippen MR) is 92.6 cm³/mol. The quantitative estimate of drug-likeness (QED) is 0.674. The molecule has 0 spiro atoms. The van der Waals surface area contributed by atoms with E-state index in [1.807, 2.05) is 24.3 Å². The number of thioether (sulfide) groups is 1. The van der Waals surface area contributed by atoms with Gasteiger partial charge in [0.05, 0.1) is 4.91 Å². The molecular formula is C16H17NO3S2. The summed E-state index contributed by atoms with van der Waals surface area (Å²) >= 11 is 6.26. The smallest absolute Gasteiger partial charge is 0.326 e. The maximum atomic E-state index is 12.3. The van der Waals surface area contributed by atoms with Gasteiger partial charge in [-0.1, -0.05) is 62.1 Å². The topological polar surface area (TPSA) is 57.6 Å². The third-order valence-corrected chi connectivity index (χ3v) is 4.80. The first-order chi connectivity index (χ1) is 10.3. The lowest BCUT2D eigenvalue weighted by atomic mass is 10.0. The normalized spacial score (nSPS) is 18.4. The summed E-state index contributed by atoms with van der Waals surface area (Å²) < 4.78 is 0.282. The van der Waals surface area contributed by atoms with E-state index in [0.29, 0.717) is 10.8 Å². The highest BCUT2D eigenvalue weighted by Crippen LogP contribution is 2.34. The summed E-state index contributed by atoms with van der Waals surface area (Å²) in [6, 6.07) is 6.99. The van der Waals surface area contributed by atoms with Gasteiger partial charge in [-0.15, -0.1) is 0 Å². The molecule has 1 aliphatic rings.